The zero-order valence-corrected chi connectivity index (χ0v) is 18.7. The number of likely N-dealkylation sites (tertiary alicyclic amines) is 1. The Morgan fingerprint density at radius 1 is 0.941 bits per heavy atom. The van der Waals surface area contributed by atoms with Gasteiger partial charge in [0.05, 0.1) is 18.2 Å². The average molecular weight is 459 g/mol. The monoisotopic (exact) mass is 459 g/mol. The second-order valence-corrected chi connectivity index (χ2v) is 7.88. The van der Waals surface area contributed by atoms with E-state index in [2.05, 4.69) is 0 Å². The number of amides is 1. The lowest BCUT2D eigenvalue weighted by Crippen LogP contribution is -2.32. The molecule has 0 unspecified atom stereocenters. The van der Waals surface area contributed by atoms with Gasteiger partial charge in [0.1, 0.15) is 23.9 Å². The number of Topliss-reactive ketones (excluding diaryl/α,β-unsaturated/α-hetero) is 1. The predicted octanol–water partition coefficient (Wildman–Crippen LogP) is 4.04. The first-order chi connectivity index (χ1) is 16.5. The third kappa shape index (κ3) is 4.79. The van der Waals surface area contributed by atoms with Crippen molar-refractivity contribution in [1.82, 2.24) is 4.90 Å². The third-order valence-electron chi connectivity index (χ3n) is 5.66. The smallest absolute Gasteiger partial charge is 0.295 e. The summed E-state index contributed by atoms with van der Waals surface area (Å²) in [5.41, 5.74) is 2.00. The van der Waals surface area contributed by atoms with Crippen LogP contribution in [0.3, 0.4) is 0 Å². The van der Waals surface area contributed by atoms with Crippen molar-refractivity contribution >= 4 is 17.4 Å². The highest BCUT2D eigenvalue weighted by Gasteiger charge is 2.45. The largest absolute Gasteiger partial charge is 0.508 e. The van der Waals surface area contributed by atoms with Crippen LogP contribution in [0.15, 0.2) is 84.4 Å². The Bertz CT molecular complexity index is 1190. The number of ketones is 1. The first kappa shape index (κ1) is 23.1. The molecule has 4 rings (SSSR count). The van der Waals surface area contributed by atoms with Crippen molar-refractivity contribution < 1.29 is 29.3 Å². The van der Waals surface area contributed by atoms with E-state index in [0.717, 1.165) is 5.56 Å². The summed E-state index contributed by atoms with van der Waals surface area (Å²) in [6.45, 7) is 0.808. The number of hydrogen-bond acceptors (Lipinski definition) is 6. The highest BCUT2D eigenvalue weighted by molar-refractivity contribution is 6.46. The lowest BCUT2D eigenvalue weighted by atomic mass is 9.95. The highest BCUT2D eigenvalue weighted by Crippen LogP contribution is 2.39. The fourth-order valence-electron chi connectivity index (χ4n) is 3.91. The molecule has 1 aliphatic heterocycles. The van der Waals surface area contributed by atoms with Crippen molar-refractivity contribution in [2.45, 2.75) is 12.6 Å². The molecule has 3 aromatic carbocycles. The number of aliphatic hydroxyl groups excluding tert-OH is 1. The number of carbonyl (C=O) groups excluding carboxylic acids is 2. The van der Waals surface area contributed by atoms with E-state index in [1.54, 1.807) is 36.4 Å². The molecule has 7 nitrogen and oxygen atoms in total. The predicted molar refractivity (Wildman–Crippen MR) is 126 cm³/mol. The summed E-state index contributed by atoms with van der Waals surface area (Å²) < 4.78 is 10.9. The minimum absolute atomic E-state index is 0.00949. The Morgan fingerprint density at radius 2 is 1.62 bits per heavy atom. The molecule has 174 valence electrons. The van der Waals surface area contributed by atoms with E-state index in [1.807, 2.05) is 30.3 Å². The fraction of sp³-hybridized carbons (Fsp3) is 0.185. The van der Waals surface area contributed by atoms with E-state index in [1.165, 1.54) is 24.1 Å². The minimum Gasteiger partial charge on any atom is -0.508 e. The molecule has 1 amide bonds. The number of benzene rings is 3. The van der Waals surface area contributed by atoms with E-state index in [4.69, 9.17) is 9.47 Å². The second kappa shape index (κ2) is 10.2. The number of rotatable bonds is 8. The van der Waals surface area contributed by atoms with Crippen molar-refractivity contribution in [3.05, 3.63) is 101 Å². The third-order valence-corrected chi connectivity index (χ3v) is 5.66. The van der Waals surface area contributed by atoms with Crippen LogP contribution < -0.4 is 4.74 Å². The zero-order valence-electron chi connectivity index (χ0n) is 18.7. The minimum atomic E-state index is -0.801. The van der Waals surface area contributed by atoms with Gasteiger partial charge in [0.25, 0.3) is 11.7 Å². The van der Waals surface area contributed by atoms with Gasteiger partial charge >= 0.3 is 0 Å². The summed E-state index contributed by atoms with van der Waals surface area (Å²) in [6, 6.07) is 21.8. The van der Waals surface area contributed by atoms with E-state index in [9.17, 15) is 19.8 Å². The number of phenolic OH excluding ortho intramolecular Hbond substituents is 1. The van der Waals surface area contributed by atoms with Gasteiger partial charge in [0.15, 0.2) is 0 Å². The molecule has 0 aliphatic carbocycles. The average Bonchev–Trinajstić information content (AvgIpc) is 3.12. The van der Waals surface area contributed by atoms with Crippen LogP contribution in [0.2, 0.25) is 0 Å². The molecule has 0 spiro atoms. The molecule has 0 bridgehead atoms. The number of ether oxygens (including phenoxy) is 2. The molecule has 7 heteroatoms. The van der Waals surface area contributed by atoms with Crippen molar-refractivity contribution in [2.24, 2.45) is 0 Å². The van der Waals surface area contributed by atoms with Gasteiger partial charge in [-0.25, -0.2) is 0 Å². The number of aromatic hydroxyl groups is 1. The summed E-state index contributed by atoms with van der Waals surface area (Å²) in [7, 11) is 1.51. The maximum Gasteiger partial charge on any atom is 0.295 e. The lowest BCUT2D eigenvalue weighted by Gasteiger charge is -2.25. The van der Waals surface area contributed by atoms with Gasteiger partial charge in [-0.3, -0.25) is 9.59 Å². The van der Waals surface area contributed by atoms with Crippen LogP contribution >= 0.6 is 0 Å². The second-order valence-electron chi connectivity index (χ2n) is 7.88. The number of nitrogens with zero attached hydrogens (tertiary/aromatic N) is 1. The molecule has 0 aromatic heterocycles. The van der Waals surface area contributed by atoms with Crippen LogP contribution in [0, 0.1) is 0 Å². The molecular weight excluding hydrogens is 434 g/mol. The Hall–Kier alpha value is -4.10. The number of methoxy groups -OCH3 is 1. The van der Waals surface area contributed by atoms with E-state index >= 15 is 0 Å². The van der Waals surface area contributed by atoms with Crippen molar-refractivity contribution in [3.63, 3.8) is 0 Å². The molecule has 1 atom stereocenters. The first-order valence-corrected chi connectivity index (χ1v) is 10.8. The highest BCUT2D eigenvalue weighted by atomic mass is 16.5. The van der Waals surface area contributed by atoms with Crippen molar-refractivity contribution in [2.75, 3.05) is 20.3 Å². The number of hydrogen-bond donors (Lipinski definition) is 2. The summed E-state index contributed by atoms with van der Waals surface area (Å²) in [4.78, 5) is 27.1. The van der Waals surface area contributed by atoms with Gasteiger partial charge in [-0.15, -0.1) is 0 Å². The molecular formula is C27H25NO6. The van der Waals surface area contributed by atoms with Gasteiger partial charge in [-0.05, 0) is 47.5 Å². The fourth-order valence-corrected chi connectivity index (χ4v) is 3.91. The van der Waals surface area contributed by atoms with Crippen LogP contribution in [0.1, 0.15) is 22.7 Å². The molecule has 2 N–H and O–H groups in total. The standard InChI is InChI=1S/C27H25NO6/c1-33-16-15-28-24(19-7-11-21(29)12-8-19)23(26(31)27(28)32)25(30)20-9-13-22(14-10-20)34-17-18-5-3-2-4-6-18/h2-14,24,29-30H,15-17H2,1H3/t24-/m1/s1. The van der Waals surface area contributed by atoms with Crippen LogP contribution in [0.25, 0.3) is 5.76 Å². The van der Waals surface area contributed by atoms with Gasteiger partial charge < -0.3 is 24.6 Å². The summed E-state index contributed by atoms with van der Waals surface area (Å²) in [5, 5.41) is 20.8. The molecule has 1 fully saturated rings. The maximum atomic E-state index is 12.9. The zero-order chi connectivity index (χ0) is 24.1. The Kier molecular flexibility index (Phi) is 6.94. The topological polar surface area (TPSA) is 96.3 Å². The lowest BCUT2D eigenvalue weighted by molar-refractivity contribution is -0.140. The summed E-state index contributed by atoms with van der Waals surface area (Å²) >= 11 is 0. The van der Waals surface area contributed by atoms with Gasteiger partial charge in [0, 0.05) is 19.2 Å². The first-order valence-electron chi connectivity index (χ1n) is 10.8. The van der Waals surface area contributed by atoms with Crippen LogP contribution in [0.4, 0.5) is 0 Å². The van der Waals surface area contributed by atoms with E-state index in [-0.39, 0.29) is 30.2 Å². The van der Waals surface area contributed by atoms with Crippen molar-refractivity contribution in [1.29, 1.82) is 0 Å². The quantitative estimate of drug-likeness (QED) is 0.300. The number of carbonyl (C=O) groups is 2. The van der Waals surface area contributed by atoms with Crippen molar-refractivity contribution in [3.8, 4) is 11.5 Å². The van der Waals surface area contributed by atoms with Gasteiger partial charge in [0.2, 0.25) is 0 Å². The summed E-state index contributed by atoms with van der Waals surface area (Å²) in [5.74, 6) is -1.08. The molecule has 0 saturated carbocycles. The van der Waals surface area contributed by atoms with Gasteiger partial charge in [-0.2, -0.15) is 0 Å². The van der Waals surface area contributed by atoms with E-state index in [0.29, 0.717) is 23.5 Å². The van der Waals surface area contributed by atoms with Crippen LogP contribution in [-0.4, -0.2) is 47.1 Å². The normalized spacial score (nSPS) is 17.2. The van der Waals surface area contributed by atoms with E-state index < -0.39 is 17.7 Å². The summed E-state index contributed by atoms with van der Waals surface area (Å²) in [6.07, 6.45) is 0. The SMILES string of the molecule is COCCN1C(=O)C(=O)C(=C(O)c2ccc(OCc3ccccc3)cc2)[C@H]1c1ccc(O)cc1. The van der Waals surface area contributed by atoms with Crippen LogP contribution in [0.5, 0.6) is 11.5 Å². The molecule has 1 heterocycles. The van der Waals surface area contributed by atoms with Gasteiger partial charge in [-0.1, -0.05) is 42.5 Å². The molecule has 3 aromatic rings. The maximum absolute atomic E-state index is 12.9. The number of phenols is 1. The molecule has 0 radical (unpaired) electrons. The Balaban J connectivity index is 1.65. The molecule has 34 heavy (non-hydrogen) atoms. The number of aliphatic hydroxyl groups is 1. The van der Waals surface area contributed by atoms with Crippen LogP contribution in [-0.2, 0) is 20.9 Å². The molecule has 1 aliphatic rings. The Labute approximate surface area is 197 Å². The molecule has 1 saturated heterocycles. The Morgan fingerprint density at radius 3 is 2.26 bits per heavy atom.